The molecule has 0 unspecified atom stereocenters. The first-order chi connectivity index (χ1) is 9.40. The van der Waals surface area contributed by atoms with E-state index in [0.29, 0.717) is 4.99 Å². The summed E-state index contributed by atoms with van der Waals surface area (Å²) in [6.07, 6.45) is 1.46. The van der Waals surface area contributed by atoms with Gasteiger partial charge >= 0.3 is 5.69 Å². The molecule has 0 bridgehead atoms. The molecule has 0 aliphatic rings. The van der Waals surface area contributed by atoms with E-state index in [0.717, 1.165) is 16.7 Å². The first-order valence-electron chi connectivity index (χ1n) is 6.06. The molecule has 104 valence electrons. The maximum atomic E-state index is 12.0. The molecule has 0 amide bonds. The Labute approximate surface area is 121 Å². The Morgan fingerprint density at radius 2 is 2.00 bits per heavy atom. The number of hydrogen-bond donors (Lipinski definition) is 1. The molecule has 0 aliphatic carbocycles. The molecule has 0 saturated carbocycles. The number of benzene rings is 1. The highest BCUT2D eigenvalue weighted by atomic mass is 32.1. The molecule has 0 saturated heterocycles. The summed E-state index contributed by atoms with van der Waals surface area (Å²) in [5.74, 6) is 0. The molecule has 20 heavy (non-hydrogen) atoms. The van der Waals surface area contributed by atoms with Gasteiger partial charge in [-0.05, 0) is 24.1 Å². The predicted molar refractivity (Wildman–Crippen MR) is 82.1 cm³/mol. The van der Waals surface area contributed by atoms with E-state index >= 15 is 0 Å². The molecule has 6 heteroatoms. The number of thiocarbonyl (C=S) groups is 1. The molecule has 1 aromatic heterocycles. The van der Waals surface area contributed by atoms with Gasteiger partial charge in [-0.2, -0.15) is 0 Å². The van der Waals surface area contributed by atoms with Crippen LogP contribution < -0.4 is 17.0 Å². The molecule has 5 nitrogen and oxygen atoms in total. The van der Waals surface area contributed by atoms with E-state index in [1.807, 2.05) is 19.1 Å². The van der Waals surface area contributed by atoms with Gasteiger partial charge in [-0.1, -0.05) is 24.4 Å². The van der Waals surface area contributed by atoms with Crippen LogP contribution in [0.25, 0.3) is 0 Å². The van der Waals surface area contributed by atoms with Crippen LogP contribution >= 0.6 is 12.2 Å². The van der Waals surface area contributed by atoms with Crippen molar-refractivity contribution in [3.8, 4) is 0 Å². The smallest absolute Gasteiger partial charge is 0.331 e. The van der Waals surface area contributed by atoms with Gasteiger partial charge < -0.3 is 10.3 Å². The summed E-state index contributed by atoms with van der Waals surface area (Å²) >= 11 is 4.92. The molecule has 0 atom stereocenters. The minimum atomic E-state index is -0.338. The van der Waals surface area contributed by atoms with Gasteiger partial charge in [-0.25, -0.2) is 4.79 Å². The summed E-state index contributed by atoms with van der Waals surface area (Å²) in [7, 11) is 1.61. The van der Waals surface area contributed by atoms with Crippen molar-refractivity contribution >= 4 is 17.2 Å². The van der Waals surface area contributed by atoms with Crippen LogP contribution in [-0.4, -0.2) is 14.1 Å². The average Bonchev–Trinajstić information content (AvgIpc) is 2.40. The summed E-state index contributed by atoms with van der Waals surface area (Å²) in [5, 5.41) is 0. The Hall–Kier alpha value is -2.21. The highest BCUT2D eigenvalue weighted by Crippen LogP contribution is 2.11. The van der Waals surface area contributed by atoms with Crippen molar-refractivity contribution in [3.05, 3.63) is 68.0 Å². The molecule has 2 aromatic rings. The Balaban J connectivity index is 2.46. The lowest BCUT2D eigenvalue weighted by Crippen LogP contribution is -2.38. The number of nitrogens with two attached hydrogens (primary N) is 1. The Morgan fingerprint density at radius 3 is 2.60 bits per heavy atom. The van der Waals surface area contributed by atoms with Gasteiger partial charge in [0.05, 0.1) is 6.54 Å². The third kappa shape index (κ3) is 2.70. The Bertz CT molecular complexity index is 790. The predicted octanol–water partition coefficient (Wildman–Crippen LogP) is 0.538. The van der Waals surface area contributed by atoms with Gasteiger partial charge in [0.25, 0.3) is 5.56 Å². The van der Waals surface area contributed by atoms with Crippen molar-refractivity contribution in [2.75, 3.05) is 0 Å². The van der Waals surface area contributed by atoms with Gasteiger partial charge in [0, 0.05) is 24.9 Å². The number of hydrogen-bond acceptors (Lipinski definition) is 3. The molecule has 2 rings (SSSR count). The maximum absolute atomic E-state index is 12.0. The molecule has 0 fully saturated rings. The topological polar surface area (TPSA) is 70.0 Å². The molecule has 2 N–H and O–H groups in total. The third-order valence-corrected chi connectivity index (χ3v) is 3.43. The minimum absolute atomic E-state index is 0.232. The lowest BCUT2D eigenvalue weighted by atomic mass is 10.0. The summed E-state index contributed by atoms with van der Waals surface area (Å²) in [6, 6.07) is 6.86. The summed E-state index contributed by atoms with van der Waals surface area (Å²) in [6.45, 7) is 2.13. The first-order valence-corrected chi connectivity index (χ1v) is 6.47. The second kappa shape index (κ2) is 5.42. The monoisotopic (exact) mass is 289 g/mol. The molecular formula is C14H15N3O2S. The minimum Gasteiger partial charge on any atom is -0.389 e. The van der Waals surface area contributed by atoms with E-state index in [4.69, 9.17) is 18.0 Å². The van der Waals surface area contributed by atoms with Crippen LogP contribution in [0, 0.1) is 6.92 Å². The van der Waals surface area contributed by atoms with E-state index in [9.17, 15) is 9.59 Å². The van der Waals surface area contributed by atoms with Gasteiger partial charge in [-0.15, -0.1) is 0 Å². The highest BCUT2D eigenvalue weighted by Gasteiger charge is 2.07. The molecule has 1 aromatic carbocycles. The Morgan fingerprint density at radius 1 is 1.30 bits per heavy atom. The van der Waals surface area contributed by atoms with Gasteiger partial charge in [-0.3, -0.25) is 9.36 Å². The lowest BCUT2D eigenvalue weighted by Gasteiger charge is -2.10. The zero-order chi connectivity index (χ0) is 14.9. The second-order valence-electron chi connectivity index (χ2n) is 4.64. The molecule has 0 aliphatic heterocycles. The van der Waals surface area contributed by atoms with Crippen molar-refractivity contribution in [3.63, 3.8) is 0 Å². The van der Waals surface area contributed by atoms with E-state index in [2.05, 4.69) is 0 Å². The second-order valence-corrected chi connectivity index (χ2v) is 5.08. The van der Waals surface area contributed by atoms with Crippen LogP contribution in [0.5, 0.6) is 0 Å². The largest absolute Gasteiger partial charge is 0.389 e. The molecular weight excluding hydrogens is 274 g/mol. The number of aryl methyl sites for hydroxylation is 2. The van der Waals surface area contributed by atoms with Gasteiger partial charge in [0.15, 0.2) is 0 Å². The van der Waals surface area contributed by atoms with E-state index in [-0.39, 0.29) is 17.8 Å². The van der Waals surface area contributed by atoms with Crippen molar-refractivity contribution in [2.24, 2.45) is 12.8 Å². The van der Waals surface area contributed by atoms with Crippen LogP contribution in [0.3, 0.4) is 0 Å². The number of aromatic nitrogens is 2. The third-order valence-electron chi connectivity index (χ3n) is 3.19. The van der Waals surface area contributed by atoms with Crippen LogP contribution in [0.4, 0.5) is 0 Å². The highest BCUT2D eigenvalue weighted by molar-refractivity contribution is 7.80. The molecule has 1 heterocycles. The molecule has 0 radical (unpaired) electrons. The number of rotatable bonds is 3. The van der Waals surface area contributed by atoms with Crippen LogP contribution in [0.1, 0.15) is 16.7 Å². The summed E-state index contributed by atoms with van der Waals surface area (Å²) in [5.41, 5.74) is 7.52. The normalized spacial score (nSPS) is 10.5. The van der Waals surface area contributed by atoms with Gasteiger partial charge in [0.1, 0.15) is 4.99 Å². The summed E-state index contributed by atoms with van der Waals surface area (Å²) < 4.78 is 2.57. The van der Waals surface area contributed by atoms with Crippen molar-refractivity contribution in [1.29, 1.82) is 0 Å². The average molecular weight is 289 g/mol. The van der Waals surface area contributed by atoms with Crippen LogP contribution in [0.15, 0.2) is 40.1 Å². The first kappa shape index (κ1) is 14.2. The van der Waals surface area contributed by atoms with E-state index in [1.54, 1.807) is 13.1 Å². The fraction of sp³-hybridized carbons (Fsp3) is 0.214. The zero-order valence-electron chi connectivity index (χ0n) is 11.3. The fourth-order valence-electron chi connectivity index (χ4n) is 1.96. The van der Waals surface area contributed by atoms with Gasteiger partial charge in [0.2, 0.25) is 0 Å². The van der Waals surface area contributed by atoms with Crippen molar-refractivity contribution < 1.29 is 0 Å². The standard InChI is InChI=1S/C14H15N3O2S/c1-9-7-10(13(15)20)3-4-11(9)8-17-12(18)5-6-16(2)14(17)19/h3-7H,8H2,1-2H3,(H2,15,20). The lowest BCUT2D eigenvalue weighted by molar-refractivity contribution is 0.638. The van der Waals surface area contributed by atoms with Crippen LogP contribution in [0.2, 0.25) is 0 Å². The number of nitrogens with zero attached hydrogens (tertiary/aromatic N) is 2. The quantitative estimate of drug-likeness (QED) is 0.837. The SMILES string of the molecule is Cc1cc(C(N)=S)ccc1Cn1c(=O)ccn(C)c1=O. The summed E-state index contributed by atoms with van der Waals surface area (Å²) in [4.78, 5) is 24.1. The molecule has 0 spiro atoms. The Kier molecular flexibility index (Phi) is 3.85. The fourth-order valence-corrected chi connectivity index (χ4v) is 2.08. The van der Waals surface area contributed by atoms with E-state index in [1.165, 1.54) is 21.4 Å². The van der Waals surface area contributed by atoms with Crippen molar-refractivity contribution in [2.45, 2.75) is 13.5 Å². The van der Waals surface area contributed by atoms with Crippen molar-refractivity contribution in [1.82, 2.24) is 9.13 Å². The zero-order valence-corrected chi connectivity index (χ0v) is 12.1. The maximum Gasteiger partial charge on any atom is 0.331 e. The van der Waals surface area contributed by atoms with Crippen LogP contribution in [-0.2, 0) is 13.6 Å². The van der Waals surface area contributed by atoms with E-state index < -0.39 is 0 Å².